The van der Waals surface area contributed by atoms with Crippen LogP contribution in [0.3, 0.4) is 0 Å². The smallest absolute Gasteiger partial charge is 0.245 e. The predicted molar refractivity (Wildman–Crippen MR) is 69.4 cm³/mol. The average molecular weight is 270 g/mol. The van der Waals surface area contributed by atoms with Crippen molar-refractivity contribution in [2.75, 3.05) is 13.6 Å². The number of hydrogen-bond donors (Lipinski definition) is 1. The fourth-order valence-electron chi connectivity index (χ4n) is 1.64. The van der Waals surface area contributed by atoms with Gasteiger partial charge in [0.25, 0.3) is 0 Å². The minimum Gasteiger partial charge on any atom is -0.390 e. The number of aromatic nitrogens is 1. The first kappa shape index (κ1) is 14.8. The van der Waals surface area contributed by atoms with Gasteiger partial charge in [-0.1, -0.05) is 5.92 Å². The molecule has 0 aliphatic rings. The topological polar surface area (TPSA) is 62.5 Å². The third kappa shape index (κ3) is 2.75. The molecule has 0 bridgehead atoms. The molecular formula is C12H18N2O3S. The van der Waals surface area contributed by atoms with Gasteiger partial charge in [0.05, 0.1) is 13.2 Å². The van der Waals surface area contributed by atoms with E-state index in [2.05, 4.69) is 5.92 Å². The molecular weight excluding hydrogens is 252 g/mol. The van der Waals surface area contributed by atoms with Gasteiger partial charge in [0.1, 0.15) is 4.90 Å². The van der Waals surface area contributed by atoms with Gasteiger partial charge in [-0.3, -0.25) is 0 Å². The van der Waals surface area contributed by atoms with Crippen LogP contribution in [0.5, 0.6) is 0 Å². The summed E-state index contributed by atoms with van der Waals surface area (Å²) in [5.41, 5.74) is 0.567. The van der Waals surface area contributed by atoms with Crippen molar-refractivity contribution in [3.8, 4) is 12.3 Å². The van der Waals surface area contributed by atoms with E-state index in [0.717, 1.165) is 4.31 Å². The van der Waals surface area contributed by atoms with E-state index in [0.29, 0.717) is 5.69 Å². The Labute approximate surface area is 108 Å². The molecule has 1 heterocycles. The first-order valence-corrected chi connectivity index (χ1v) is 7.00. The second-order valence-electron chi connectivity index (χ2n) is 4.29. The van der Waals surface area contributed by atoms with Crippen molar-refractivity contribution in [3.05, 3.63) is 18.0 Å². The van der Waals surface area contributed by atoms with Crippen LogP contribution in [0.2, 0.25) is 0 Å². The first-order valence-electron chi connectivity index (χ1n) is 5.56. The fraction of sp³-hybridized carbons (Fsp3) is 0.500. The van der Waals surface area contributed by atoms with Crippen molar-refractivity contribution in [2.45, 2.75) is 31.4 Å². The van der Waals surface area contributed by atoms with Crippen molar-refractivity contribution >= 4 is 10.0 Å². The molecule has 1 rings (SSSR count). The van der Waals surface area contributed by atoms with Gasteiger partial charge in [-0.15, -0.1) is 6.42 Å². The Morgan fingerprint density at radius 3 is 2.56 bits per heavy atom. The molecule has 0 amide bonds. The highest BCUT2D eigenvalue weighted by Gasteiger charge is 2.23. The molecule has 0 aromatic carbocycles. The van der Waals surface area contributed by atoms with E-state index >= 15 is 0 Å². The van der Waals surface area contributed by atoms with Gasteiger partial charge in [0, 0.05) is 25.0 Å². The lowest BCUT2D eigenvalue weighted by Crippen LogP contribution is -2.26. The summed E-state index contributed by atoms with van der Waals surface area (Å²) in [6, 6.07) is 1.55. The standard InChI is InChI=1S/C12H18N2O3S/c1-5-6-13(4)18(16,17)12-7-11(9-15)14(8-12)10(2)3/h1,7-8,10,15H,6,9H2,2-4H3. The van der Waals surface area contributed by atoms with Crippen molar-refractivity contribution in [3.63, 3.8) is 0 Å². The fourth-order valence-corrected chi connectivity index (χ4v) is 2.77. The maximum Gasteiger partial charge on any atom is 0.245 e. The van der Waals surface area contributed by atoms with E-state index in [-0.39, 0.29) is 24.1 Å². The van der Waals surface area contributed by atoms with Crippen molar-refractivity contribution in [2.24, 2.45) is 0 Å². The first-order chi connectivity index (χ1) is 8.34. The lowest BCUT2D eigenvalue weighted by molar-refractivity contribution is 0.268. The van der Waals surface area contributed by atoms with Gasteiger partial charge < -0.3 is 9.67 Å². The van der Waals surface area contributed by atoms with Crippen molar-refractivity contribution in [1.29, 1.82) is 0 Å². The second kappa shape index (κ2) is 5.57. The highest BCUT2D eigenvalue weighted by Crippen LogP contribution is 2.21. The van der Waals surface area contributed by atoms with Crippen LogP contribution in [0.4, 0.5) is 0 Å². The maximum absolute atomic E-state index is 12.2. The second-order valence-corrected chi connectivity index (χ2v) is 6.34. The molecule has 1 aromatic heterocycles. The third-order valence-corrected chi connectivity index (χ3v) is 4.42. The van der Waals surface area contributed by atoms with Crippen molar-refractivity contribution in [1.82, 2.24) is 8.87 Å². The summed E-state index contributed by atoms with van der Waals surface area (Å²) in [7, 11) is -2.16. The van der Waals surface area contributed by atoms with Crippen LogP contribution in [0, 0.1) is 12.3 Å². The normalized spacial score (nSPS) is 12.1. The Hall–Kier alpha value is -1.29. The van der Waals surface area contributed by atoms with Gasteiger partial charge in [0.2, 0.25) is 10.0 Å². The predicted octanol–water partition coefficient (Wildman–Crippen LogP) is 0.815. The maximum atomic E-state index is 12.2. The molecule has 0 aliphatic carbocycles. The lowest BCUT2D eigenvalue weighted by atomic mass is 10.3. The molecule has 1 aromatic rings. The molecule has 0 saturated carbocycles. The summed E-state index contributed by atoms with van der Waals surface area (Å²) in [5, 5.41) is 9.23. The number of sulfonamides is 1. The van der Waals surface area contributed by atoms with E-state index in [1.807, 2.05) is 13.8 Å². The highest BCUT2D eigenvalue weighted by molar-refractivity contribution is 7.89. The van der Waals surface area contributed by atoms with Gasteiger partial charge in [-0.05, 0) is 19.9 Å². The molecule has 18 heavy (non-hydrogen) atoms. The number of nitrogens with zero attached hydrogens (tertiary/aromatic N) is 2. The quantitative estimate of drug-likeness (QED) is 0.806. The molecule has 100 valence electrons. The SMILES string of the molecule is C#CCN(C)S(=O)(=O)c1cc(CO)n(C(C)C)c1. The summed E-state index contributed by atoms with van der Waals surface area (Å²) >= 11 is 0. The van der Waals surface area contributed by atoms with E-state index in [1.54, 1.807) is 4.57 Å². The Balaban J connectivity index is 3.23. The molecule has 0 spiro atoms. The van der Waals surface area contributed by atoms with Crippen LogP contribution >= 0.6 is 0 Å². The molecule has 0 fully saturated rings. The van der Waals surface area contributed by atoms with Gasteiger partial charge in [-0.2, -0.15) is 4.31 Å². The molecule has 0 saturated heterocycles. The summed E-state index contributed by atoms with van der Waals surface area (Å²) in [6.07, 6.45) is 6.64. The highest BCUT2D eigenvalue weighted by atomic mass is 32.2. The Morgan fingerprint density at radius 2 is 2.17 bits per heavy atom. The third-order valence-electron chi connectivity index (χ3n) is 2.65. The average Bonchev–Trinajstić information content (AvgIpc) is 2.73. The largest absolute Gasteiger partial charge is 0.390 e. The molecule has 0 aliphatic heterocycles. The number of hydrogen-bond acceptors (Lipinski definition) is 3. The van der Waals surface area contributed by atoms with E-state index < -0.39 is 10.0 Å². The minimum absolute atomic E-state index is 0.0175. The van der Waals surface area contributed by atoms with Crippen LogP contribution < -0.4 is 0 Å². The lowest BCUT2D eigenvalue weighted by Gasteiger charge is -2.13. The summed E-state index contributed by atoms with van der Waals surface area (Å²) in [4.78, 5) is 0.151. The number of aliphatic hydroxyl groups excluding tert-OH is 1. The summed E-state index contributed by atoms with van der Waals surface area (Å²) < 4.78 is 27.2. The molecule has 5 nitrogen and oxygen atoms in total. The van der Waals surface area contributed by atoms with Crippen LogP contribution in [-0.4, -0.2) is 36.0 Å². The molecule has 6 heteroatoms. The van der Waals surface area contributed by atoms with Crippen LogP contribution in [0.25, 0.3) is 0 Å². The van der Waals surface area contributed by atoms with Gasteiger partial charge >= 0.3 is 0 Å². The van der Waals surface area contributed by atoms with Gasteiger partial charge in [0.15, 0.2) is 0 Å². The number of rotatable bonds is 5. The van der Waals surface area contributed by atoms with Crippen LogP contribution in [-0.2, 0) is 16.6 Å². The molecule has 0 atom stereocenters. The summed E-state index contributed by atoms with van der Waals surface area (Å²) in [6.45, 7) is 3.65. The monoisotopic (exact) mass is 270 g/mol. The Bertz CT molecular complexity index is 552. The Kier molecular flexibility index (Phi) is 4.57. The number of aliphatic hydroxyl groups is 1. The van der Waals surface area contributed by atoms with Gasteiger partial charge in [-0.25, -0.2) is 8.42 Å². The van der Waals surface area contributed by atoms with E-state index in [1.165, 1.54) is 19.3 Å². The molecule has 0 radical (unpaired) electrons. The van der Waals surface area contributed by atoms with Crippen LogP contribution in [0.1, 0.15) is 25.6 Å². The van der Waals surface area contributed by atoms with E-state index in [4.69, 9.17) is 6.42 Å². The van der Waals surface area contributed by atoms with Crippen LogP contribution in [0.15, 0.2) is 17.2 Å². The zero-order chi connectivity index (χ0) is 13.9. The molecule has 0 unspecified atom stereocenters. The van der Waals surface area contributed by atoms with Crippen molar-refractivity contribution < 1.29 is 13.5 Å². The number of terminal acetylenes is 1. The Morgan fingerprint density at radius 1 is 1.56 bits per heavy atom. The zero-order valence-electron chi connectivity index (χ0n) is 10.8. The van der Waals surface area contributed by atoms with E-state index in [9.17, 15) is 13.5 Å². The molecule has 1 N–H and O–H groups in total. The minimum atomic E-state index is -3.59. The zero-order valence-corrected chi connectivity index (χ0v) is 11.6. The summed E-state index contributed by atoms with van der Waals surface area (Å²) in [5.74, 6) is 2.29.